The van der Waals surface area contributed by atoms with Crippen LogP contribution in [-0.4, -0.2) is 68.5 Å². The van der Waals surface area contributed by atoms with E-state index in [1.165, 1.54) is 25.0 Å². The molecule has 0 aromatic carbocycles. The molecule has 4 aliphatic rings. The highest BCUT2D eigenvalue weighted by molar-refractivity contribution is 7.86. The van der Waals surface area contributed by atoms with E-state index in [9.17, 15) is 13.0 Å². The average molecular weight is 427 g/mol. The SMILES string of the molecule is CC(C)n1nc(N2CC(F)(F)C2)cc1C1CCC(N2CCC3(C2)CS(=O)C3)CC1. The van der Waals surface area contributed by atoms with Crippen molar-refractivity contribution in [2.45, 2.75) is 69.9 Å². The molecule has 1 aromatic heterocycles. The third kappa shape index (κ3) is 3.64. The van der Waals surface area contributed by atoms with Crippen LogP contribution in [0.1, 0.15) is 63.6 Å². The van der Waals surface area contributed by atoms with Gasteiger partial charge < -0.3 is 4.90 Å². The van der Waals surface area contributed by atoms with Crippen LogP contribution in [0.5, 0.6) is 0 Å². The van der Waals surface area contributed by atoms with Gasteiger partial charge >= 0.3 is 0 Å². The monoisotopic (exact) mass is 426 g/mol. The van der Waals surface area contributed by atoms with Crippen LogP contribution in [0, 0.1) is 5.41 Å². The zero-order valence-electron chi connectivity index (χ0n) is 17.4. The minimum absolute atomic E-state index is 0.213. The molecule has 1 saturated carbocycles. The van der Waals surface area contributed by atoms with Crippen LogP contribution in [-0.2, 0) is 10.8 Å². The maximum atomic E-state index is 13.3. The summed E-state index contributed by atoms with van der Waals surface area (Å²) in [5, 5.41) is 4.68. The van der Waals surface area contributed by atoms with E-state index in [0.717, 1.165) is 37.4 Å². The molecular formula is C21H32F2N4OS. The van der Waals surface area contributed by atoms with Gasteiger partial charge in [0.2, 0.25) is 0 Å². The summed E-state index contributed by atoms with van der Waals surface area (Å²) in [5.41, 5.74) is 1.57. The normalized spacial score (nSPS) is 37.1. The van der Waals surface area contributed by atoms with Crippen LogP contribution in [0.3, 0.4) is 0 Å². The van der Waals surface area contributed by atoms with Gasteiger partial charge in [-0.1, -0.05) is 0 Å². The van der Waals surface area contributed by atoms with Crippen molar-refractivity contribution in [1.82, 2.24) is 14.7 Å². The summed E-state index contributed by atoms with van der Waals surface area (Å²) < 4.78 is 40.2. The zero-order chi connectivity index (χ0) is 20.4. The van der Waals surface area contributed by atoms with E-state index in [4.69, 9.17) is 0 Å². The molecule has 1 aromatic rings. The summed E-state index contributed by atoms with van der Waals surface area (Å²) in [6, 6.07) is 2.94. The third-order valence-electron chi connectivity index (χ3n) is 7.44. The Balaban J connectivity index is 1.23. The molecule has 0 bridgehead atoms. The molecule has 3 saturated heterocycles. The number of rotatable bonds is 4. The Morgan fingerprint density at radius 3 is 2.41 bits per heavy atom. The number of hydrogen-bond acceptors (Lipinski definition) is 4. The molecule has 8 heteroatoms. The summed E-state index contributed by atoms with van der Waals surface area (Å²) in [6.45, 7) is 6.09. The maximum absolute atomic E-state index is 13.3. The quantitative estimate of drug-likeness (QED) is 0.740. The molecule has 0 amide bonds. The van der Waals surface area contributed by atoms with Crippen LogP contribution in [0.4, 0.5) is 14.6 Å². The summed E-state index contributed by atoms with van der Waals surface area (Å²) in [6.07, 6.45) is 5.85. The van der Waals surface area contributed by atoms with Crippen molar-refractivity contribution in [3.8, 4) is 0 Å². The van der Waals surface area contributed by atoms with Gasteiger partial charge in [-0.15, -0.1) is 0 Å². The largest absolute Gasteiger partial charge is 0.343 e. The summed E-state index contributed by atoms with van der Waals surface area (Å²) in [7, 11) is -0.569. The van der Waals surface area contributed by atoms with E-state index >= 15 is 0 Å². The molecule has 4 heterocycles. The Kier molecular flexibility index (Phi) is 4.81. The molecule has 0 unspecified atom stereocenters. The van der Waals surface area contributed by atoms with Gasteiger partial charge in [-0.25, -0.2) is 8.78 Å². The lowest BCUT2D eigenvalue weighted by atomic mass is 9.83. The molecule has 0 radical (unpaired) electrons. The van der Waals surface area contributed by atoms with Crippen LogP contribution >= 0.6 is 0 Å². The fourth-order valence-electron chi connectivity index (χ4n) is 5.84. The second kappa shape index (κ2) is 7.01. The minimum atomic E-state index is -2.57. The van der Waals surface area contributed by atoms with Crippen LogP contribution < -0.4 is 4.90 Å². The smallest absolute Gasteiger partial charge is 0.282 e. The van der Waals surface area contributed by atoms with Gasteiger partial charge in [-0.2, -0.15) is 5.10 Å². The van der Waals surface area contributed by atoms with E-state index in [2.05, 4.69) is 34.6 Å². The second-order valence-corrected chi connectivity index (χ2v) is 11.6. The van der Waals surface area contributed by atoms with E-state index in [-0.39, 0.29) is 19.1 Å². The van der Waals surface area contributed by atoms with E-state index < -0.39 is 16.7 Å². The maximum Gasteiger partial charge on any atom is 0.282 e. The molecule has 0 N–H and O–H groups in total. The first-order chi connectivity index (χ1) is 13.7. The molecule has 162 valence electrons. The Hall–Kier alpha value is -1.02. The van der Waals surface area contributed by atoms with Gasteiger partial charge in [0.05, 0.1) is 13.1 Å². The van der Waals surface area contributed by atoms with Gasteiger partial charge in [-0.3, -0.25) is 13.8 Å². The first-order valence-corrected chi connectivity index (χ1v) is 12.5. The number of anilines is 1. The van der Waals surface area contributed by atoms with Gasteiger partial charge in [0, 0.05) is 64.0 Å². The number of alkyl halides is 2. The average Bonchev–Trinajstić information content (AvgIpc) is 3.25. The molecule has 29 heavy (non-hydrogen) atoms. The van der Waals surface area contributed by atoms with Gasteiger partial charge in [0.25, 0.3) is 5.92 Å². The molecule has 3 aliphatic heterocycles. The van der Waals surface area contributed by atoms with Crippen molar-refractivity contribution >= 4 is 16.6 Å². The second-order valence-electron chi connectivity index (χ2n) is 10.1. The first-order valence-electron chi connectivity index (χ1n) is 11.0. The topological polar surface area (TPSA) is 41.4 Å². The highest BCUT2D eigenvalue weighted by Gasteiger charge is 2.49. The number of nitrogens with zero attached hydrogens (tertiary/aromatic N) is 4. The molecular weight excluding hydrogens is 394 g/mol. The molecule has 4 fully saturated rings. The molecule has 1 aliphatic carbocycles. The van der Waals surface area contributed by atoms with Crippen molar-refractivity contribution in [2.75, 3.05) is 42.6 Å². The van der Waals surface area contributed by atoms with Crippen molar-refractivity contribution in [3.63, 3.8) is 0 Å². The lowest BCUT2D eigenvalue weighted by molar-refractivity contribution is -0.0267. The van der Waals surface area contributed by atoms with Crippen molar-refractivity contribution in [2.24, 2.45) is 5.41 Å². The minimum Gasteiger partial charge on any atom is -0.343 e. The van der Waals surface area contributed by atoms with Crippen LogP contribution in [0.15, 0.2) is 6.07 Å². The van der Waals surface area contributed by atoms with Crippen LogP contribution in [0.2, 0.25) is 0 Å². The Morgan fingerprint density at radius 2 is 1.83 bits per heavy atom. The van der Waals surface area contributed by atoms with Crippen molar-refractivity contribution in [1.29, 1.82) is 0 Å². The molecule has 1 spiro atoms. The Labute approximate surface area is 174 Å². The van der Waals surface area contributed by atoms with Gasteiger partial charge in [0.15, 0.2) is 5.82 Å². The predicted molar refractivity (Wildman–Crippen MR) is 111 cm³/mol. The summed E-state index contributed by atoms with van der Waals surface area (Å²) >= 11 is 0. The predicted octanol–water partition coefficient (Wildman–Crippen LogP) is 3.40. The standard InChI is InChI=1S/C21H32F2N4OS/c1-15(2)27-18(9-19(24-27)26-11-21(22,23)12-26)16-3-5-17(6-4-16)25-8-7-20(10-25)13-29(28)14-20/h9,15-17H,3-8,10-14H2,1-2H3. The van der Waals surface area contributed by atoms with Crippen molar-refractivity contribution < 1.29 is 13.0 Å². The zero-order valence-corrected chi connectivity index (χ0v) is 18.3. The van der Waals surface area contributed by atoms with Crippen molar-refractivity contribution in [3.05, 3.63) is 11.8 Å². The fraction of sp³-hybridized carbons (Fsp3) is 0.857. The Morgan fingerprint density at radius 1 is 1.14 bits per heavy atom. The molecule has 5 rings (SSSR count). The molecule has 5 nitrogen and oxygen atoms in total. The lowest BCUT2D eigenvalue weighted by Gasteiger charge is -2.39. The van der Waals surface area contributed by atoms with E-state index in [0.29, 0.717) is 23.2 Å². The number of hydrogen-bond donors (Lipinski definition) is 0. The first kappa shape index (κ1) is 19.9. The lowest BCUT2D eigenvalue weighted by Crippen LogP contribution is -2.56. The number of likely N-dealkylation sites (tertiary alicyclic amines) is 1. The van der Waals surface area contributed by atoms with Crippen LogP contribution in [0.25, 0.3) is 0 Å². The summed E-state index contributed by atoms with van der Waals surface area (Å²) in [5.74, 6) is 0.417. The third-order valence-corrected chi connectivity index (χ3v) is 9.31. The number of aromatic nitrogens is 2. The fourth-order valence-corrected chi connectivity index (χ4v) is 7.59. The highest BCUT2D eigenvalue weighted by Crippen LogP contribution is 2.44. The Bertz CT molecular complexity index is 787. The molecule has 0 atom stereocenters. The van der Waals surface area contributed by atoms with E-state index in [1.54, 1.807) is 4.90 Å². The number of halogens is 2. The van der Waals surface area contributed by atoms with E-state index in [1.807, 2.05) is 0 Å². The van der Waals surface area contributed by atoms with Gasteiger partial charge in [-0.05, 0) is 52.5 Å². The van der Waals surface area contributed by atoms with Gasteiger partial charge in [0.1, 0.15) is 0 Å². The summed E-state index contributed by atoms with van der Waals surface area (Å²) in [4.78, 5) is 4.35. The highest BCUT2D eigenvalue weighted by atomic mass is 32.2.